The number of nitrogens with zero attached hydrogens (tertiary/aromatic N) is 4. The Morgan fingerprint density at radius 2 is 2.04 bits per heavy atom. The average molecular weight is 448 g/mol. The SMILES string of the molecule is I.NC(=NCCc1nnc2ccccn12)Nc1ccc2c(c1)CCC2. The molecule has 1 aliphatic rings. The molecule has 1 aromatic carbocycles. The second kappa shape index (κ2) is 7.81. The van der Waals surface area contributed by atoms with Crippen molar-refractivity contribution in [3.8, 4) is 0 Å². The number of halogens is 1. The molecule has 3 aromatic rings. The molecule has 0 saturated heterocycles. The first-order valence-corrected chi connectivity index (χ1v) is 8.27. The molecular formula is C18H21IN6. The predicted octanol–water partition coefficient (Wildman–Crippen LogP) is 2.81. The zero-order valence-electron chi connectivity index (χ0n) is 13.9. The van der Waals surface area contributed by atoms with Crippen molar-refractivity contribution in [2.45, 2.75) is 25.7 Å². The van der Waals surface area contributed by atoms with E-state index in [4.69, 9.17) is 5.73 Å². The van der Waals surface area contributed by atoms with E-state index in [-0.39, 0.29) is 24.0 Å². The third kappa shape index (κ3) is 3.92. The first-order valence-electron chi connectivity index (χ1n) is 8.27. The number of guanidine groups is 1. The summed E-state index contributed by atoms with van der Waals surface area (Å²) in [5.41, 5.74) is 10.7. The fourth-order valence-corrected chi connectivity index (χ4v) is 3.17. The van der Waals surface area contributed by atoms with E-state index >= 15 is 0 Å². The van der Waals surface area contributed by atoms with Gasteiger partial charge in [-0.25, -0.2) is 0 Å². The molecule has 0 aliphatic heterocycles. The van der Waals surface area contributed by atoms with Gasteiger partial charge in [0.25, 0.3) is 0 Å². The lowest BCUT2D eigenvalue weighted by Crippen LogP contribution is -2.23. The number of fused-ring (bicyclic) bond motifs is 2. The van der Waals surface area contributed by atoms with E-state index < -0.39 is 0 Å². The van der Waals surface area contributed by atoms with Gasteiger partial charge in [0.15, 0.2) is 11.6 Å². The fraction of sp³-hybridized carbons (Fsp3) is 0.278. The molecule has 0 unspecified atom stereocenters. The monoisotopic (exact) mass is 448 g/mol. The number of nitrogens with one attached hydrogen (secondary N) is 1. The average Bonchev–Trinajstić information content (AvgIpc) is 3.21. The minimum atomic E-state index is 0. The Morgan fingerprint density at radius 1 is 1.16 bits per heavy atom. The van der Waals surface area contributed by atoms with E-state index in [9.17, 15) is 0 Å². The second-order valence-corrected chi connectivity index (χ2v) is 6.02. The molecule has 4 rings (SSSR count). The summed E-state index contributed by atoms with van der Waals surface area (Å²) in [5.74, 6) is 1.32. The topological polar surface area (TPSA) is 80.6 Å². The number of anilines is 1. The number of benzene rings is 1. The standard InChI is InChI=1S/C18H20N6.HI/c19-18(21-15-8-7-13-4-3-5-14(13)12-15)20-10-9-17-23-22-16-6-1-2-11-24(16)17;/h1-2,6-8,11-12H,3-5,9-10H2,(H3,19,20,21);1H. The van der Waals surface area contributed by atoms with Crippen LogP contribution in [0, 0.1) is 0 Å². The zero-order chi connectivity index (χ0) is 16.4. The summed E-state index contributed by atoms with van der Waals surface area (Å²) in [7, 11) is 0. The van der Waals surface area contributed by atoms with Gasteiger partial charge in [-0.1, -0.05) is 12.1 Å². The number of nitrogens with two attached hydrogens (primary N) is 1. The Hall–Kier alpha value is -2.16. The van der Waals surface area contributed by atoms with Crippen LogP contribution in [-0.2, 0) is 19.3 Å². The Kier molecular flexibility index (Phi) is 5.52. The molecule has 1 aliphatic carbocycles. The van der Waals surface area contributed by atoms with Crippen LogP contribution in [0.15, 0.2) is 47.6 Å². The highest BCUT2D eigenvalue weighted by Gasteiger charge is 2.11. The Morgan fingerprint density at radius 3 is 2.96 bits per heavy atom. The number of rotatable bonds is 4. The molecule has 0 saturated carbocycles. The summed E-state index contributed by atoms with van der Waals surface area (Å²) in [4.78, 5) is 4.40. The summed E-state index contributed by atoms with van der Waals surface area (Å²) in [5, 5.41) is 11.5. The van der Waals surface area contributed by atoms with Crippen LogP contribution in [0.4, 0.5) is 5.69 Å². The smallest absolute Gasteiger partial charge is 0.193 e. The van der Waals surface area contributed by atoms with Gasteiger partial charge in [0.1, 0.15) is 5.82 Å². The van der Waals surface area contributed by atoms with Gasteiger partial charge in [0.2, 0.25) is 0 Å². The van der Waals surface area contributed by atoms with Crippen molar-refractivity contribution in [3.63, 3.8) is 0 Å². The lowest BCUT2D eigenvalue weighted by atomic mass is 10.1. The first kappa shape index (κ1) is 17.7. The summed E-state index contributed by atoms with van der Waals surface area (Å²) < 4.78 is 1.97. The lowest BCUT2D eigenvalue weighted by Gasteiger charge is -2.07. The quantitative estimate of drug-likeness (QED) is 0.366. The van der Waals surface area contributed by atoms with Crippen molar-refractivity contribution in [2.75, 3.05) is 11.9 Å². The van der Waals surface area contributed by atoms with E-state index in [1.165, 1.54) is 24.0 Å². The summed E-state index contributed by atoms with van der Waals surface area (Å²) >= 11 is 0. The van der Waals surface area contributed by atoms with Gasteiger partial charge < -0.3 is 11.1 Å². The number of hydrogen-bond donors (Lipinski definition) is 2. The molecule has 3 N–H and O–H groups in total. The number of aryl methyl sites for hydroxylation is 2. The fourth-order valence-electron chi connectivity index (χ4n) is 3.17. The molecule has 130 valence electrons. The molecule has 0 bridgehead atoms. The molecule has 0 fully saturated rings. The minimum absolute atomic E-state index is 0. The molecule has 7 heteroatoms. The zero-order valence-corrected chi connectivity index (χ0v) is 16.2. The highest BCUT2D eigenvalue weighted by atomic mass is 127. The molecule has 0 atom stereocenters. The molecular weight excluding hydrogens is 427 g/mol. The van der Waals surface area contributed by atoms with Gasteiger partial charge >= 0.3 is 0 Å². The van der Waals surface area contributed by atoms with Gasteiger partial charge in [-0.3, -0.25) is 9.39 Å². The molecule has 2 aromatic heterocycles. The molecule has 0 radical (unpaired) electrons. The Bertz CT molecular complexity index is 901. The number of hydrogen-bond acceptors (Lipinski definition) is 3. The molecule has 25 heavy (non-hydrogen) atoms. The van der Waals surface area contributed by atoms with Crippen molar-refractivity contribution < 1.29 is 0 Å². The third-order valence-electron chi connectivity index (χ3n) is 4.37. The van der Waals surface area contributed by atoms with Crippen molar-refractivity contribution >= 4 is 41.3 Å². The molecule has 0 spiro atoms. The molecule has 6 nitrogen and oxygen atoms in total. The van der Waals surface area contributed by atoms with Crippen molar-refractivity contribution in [1.82, 2.24) is 14.6 Å². The second-order valence-electron chi connectivity index (χ2n) is 6.02. The lowest BCUT2D eigenvalue weighted by molar-refractivity contribution is 0.847. The number of aromatic nitrogens is 3. The van der Waals surface area contributed by atoms with Gasteiger partial charge in [0, 0.05) is 24.8 Å². The highest BCUT2D eigenvalue weighted by molar-refractivity contribution is 14.0. The van der Waals surface area contributed by atoms with E-state index in [2.05, 4.69) is 38.7 Å². The van der Waals surface area contributed by atoms with Gasteiger partial charge in [-0.15, -0.1) is 34.2 Å². The molecule has 2 heterocycles. The normalized spacial score (nSPS) is 13.5. The van der Waals surface area contributed by atoms with Crippen molar-refractivity contribution in [3.05, 3.63) is 59.5 Å². The van der Waals surface area contributed by atoms with Gasteiger partial charge in [-0.05, 0) is 54.7 Å². The van der Waals surface area contributed by atoms with E-state index in [1.54, 1.807) is 0 Å². The largest absolute Gasteiger partial charge is 0.370 e. The van der Waals surface area contributed by atoms with Crippen LogP contribution in [0.2, 0.25) is 0 Å². The minimum Gasteiger partial charge on any atom is -0.370 e. The van der Waals surface area contributed by atoms with Crippen LogP contribution < -0.4 is 11.1 Å². The van der Waals surface area contributed by atoms with Gasteiger partial charge in [0.05, 0.1) is 0 Å². The Labute approximate surface area is 163 Å². The van der Waals surface area contributed by atoms with Crippen molar-refractivity contribution in [1.29, 1.82) is 0 Å². The maximum atomic E-state index is 6.00. The maximum absolute atomic E-state index is 6.00. The van der Waals surface area contributed by atoms with E-state index in [0.29, 0.717) is 18.9 Å². The van der Waals surface area contributed by atoms with E-state index in [0.717, 1.165) is 23.6 Å². The molecule has 0 amide bonds. The number of aliphatic imine (C=N–C) groups is 1. The summed E-state index contributed by atoms with van der Waals surface area (Å²) in [6.07, 6.45) is 6.24. The van der Waals surface area contributed by atoms with E-state index in [1.807, 2.05) is 28.8 Å². The third-order valence-corrected chi connectivity index (χ3v) is 4.37. The van der Waals surface area contributed by atoms with Gasteiger partial charge in [-0.2, -0.15) is 0 Å². The van der Waals surface area contributed by atoms with Crippen molar-refractivity contribution in [2.24, 2.45) is 10.7 Å². The summed E-state index contributed by atoms with van der Waals surface area (Å²) in [6.45, 7) is 0.569. The maximum Gasteiger partial charge on any atom is 0.193 e. The Balaban J connectivity index is 0.00000182. The van der Waals surface area contributed by atoms with Crippen LogP contribution in [-0.4, -0.2) is 27.1 Å². The van der Waals surface area contributed by atoms with Crippen LogP contribution >= 0.6 is 24.0 Å². The number of pyridine rings is 1. The van der Waals surface area contributed by atoms with Crippen LogP contribution in [0.3, 0.4) is 0 Å². The predicted molar refractivity (Wildman–Crippen MR) is 111 cm³/mol. The highest BCUT2D eigenvalue weighted by Crippen LogP contribution is 2.24. The summed E-state index contributed by atoms with van der Waals surface area (Å²) in [6, 6.07) is 12.3. The first-order chi connectivity index (χ1) is 11.8. The van der Waals surface area contributed by atoms with Crippen LogP contribution in [0.1, 0.15) is 23.4 Å². The van der Waals surface area contributed by atoms with Crippen LogP contribution in [0.5, 0.6) is 0 Å². The van der Waals surface area contributed by atoms with Crippen LogP contribution in [0.25, 0.3) is 5.65 Å².